The molecule has 1 aromatic carbocycles. The average molecular weight is 366 g/mol. The van der Waals surface area contributed by atoms with E-state index in [0.29, 0.717) is 22.5 Å². The molecule has 0 aliphatic heterocycles. The summed E-state index contributed by atoms with van der Waals surface area (Å²) in [5.74, 6) is -1.41. The zero-order valence-corrected chi connectivity index (χ0v) is 13.7. The maximum Gasteiger partial charge on any atom is 0.273 e. The second kappa shape index (κ2) is 6.45. The predicted molar refractivity (Wildman–Crippen MR) is 95.0 cm³/mol. The Labute approximate surface area is 151 Å². The Hall–Kier alpha value is -3.88. The molecule has 0 saturated carbocycles. The third-order valence-corrected chi connectivity index (χ3v) is 3.93. The topological polar surface area (TPSA) is 102 Å². The SMILES string of the molecule is Nc1cc(-c2cc(=O)n(-c3ccn[nH]3)nc2-c2ccc(F)c(F)c2)ccn1. The van der Waals surface area contributed by atoms with E-state index in [4.69, 9.17) is 5.73 Å². The Kier molecular flexibility index (Phi) is 3.96. The van der Waals surface area contributed by atoms with Gasteiger partial charge >= 0.3 is 0 Å². The molecule has 4 rings (SSSR count). The summed E-state index contributed by atoms with van der Waals surface area (Å²) in [6.07, 6.45) is 2.96. The van der Waals surface area contributed by atoms with Gasteiger partial charge in [0.15, 0.2) is 17.5 Å². The van der Waals surface area contributed by atoms with Crippen molar-refractivity contribution in [1.82, 2.24) is 25.0 Å². The molecule has 7 nitrogen and oxygen atoms in total. The number of H-pyrrole nitrogens is 1. The highest BCUT2D eigenvalue weighted by atomic mass is 19.2. The number of hydrogen-bond acceptors (Lipinski definition) is 5. The summed E-state index contributed by atoms with van der Waals surface area (Å²) < 4.78 is 28.3. The van der Waals surface area contributed by atoms with Crippen molar-refractivity contribution in [2.75, 3.05) is 5.73 Å². The minimum Gasteiger partial charge on any atom is -0.384 e. The summed E-state index contributed by atoms with van der Waals surface area (Å²) in [6.45, 7) is 0. The molecule has 0 aliphatic rings. The number of nitrogen functional groups attached to an aromatic ring is 1. The van der Waals surface area contributed by atoms with Gasteiger partial charge in [0.05, 0.1) is 11.9 Å². The van der Waals surface area contributed by atoms with E-state index in [1.165, 1.54) is 24.5 Å². The first-order chi connectivity index (χ1) is 13.0. The third-order valence-electron chi connectivity index (χ3n) is 3.93. The Morgan fingerprint density at radius 2 is 1.81 bits per heavy atom. The van der Waals surface area contributed by atoms with Crippen LogP contribution >= 0.6 is 0 Å². The van der Waals surface area contributed by atoms with Crippen molar-refractivity contribution in [3.05, 3.63) is 76.8 Å². The van der Waals surface area contributed by atoms with E-state index >= 15 is 0 Å². The predicted octanol–water partition coefficient (Wildman–Crippen LogP) is 2.55. The minimum absolute atomic E-state index is 0.251. The summed E-state index contributed by atoms with van der Waals surface area (Å²) in [7, 11) is 0. The molecule has 0 unspecified atom stereocenters. The quantitative estimate of drug-likeness (QED) is 0.580. The van der Waals surface area contributed by atoms with Gasteiger partial charge in [-0.25, -0.2) is 13.8 Å². The summed E-state index contributed by atoms with van der Waals surface area (Å²) >= 11 is 0. The number of pyridine rings is 1. The van der Waals surface area contributed by atoms with Gasteiger partial charge in [-0.3, -0.25) is 9.89 Å². The largest absolute Gasteiger partial charge is 0.384 e. The maximum atomic E-state index is 13.8. The smallest absolute Gasteiger partial charge is 0.273 e. The fourth-order valence-electron chi connectivity index (χ4n) is 2.69. The fraction of sp³-hybridized carbons (Fsp3) is 0. The number of rotatable bonds is 3. The molecular weight excluding hydrogens is 354 g/mol. The van der Waals surface area contributed by atoms with Gasteiger partial charge in [-0.15, -0.1) is 0 Å². The first kappa shape index (κ1) is 16.6. The van der Waals surface area contributed by atoms with Crippen LogP contribution in [0.15, 0.2) is 59.7 Å². The van der Waals surface area contributed by atoms with Crippen molar-refractivity contribution >= 4 is 5.82 Å². The van der Waals surface area contributed by atoms with Gasteiger partial charge in [0.1, 0.15) is 5.82 Å². The van der Waals surface area contributed by atoms with Crippen LogP contribution in [0, 0.1) is 11.6 Å². The Balaban J connectivity index is 2.01. The fourth-order valence-corrected chi connectivity index (χ4v) is 2.69. The van der Waals surface area contributed by atoms with E-state index < -0.39 is 17.2 Å². The van der Waals surface area contributed by atoms with Gasteiger partial charge in [-0.1, -0.05) is 0 Å². The number of aromatic nitrogens is 5. The molecular formula is C18H12F2N6O. The van der Waals surface area contributed by atoms with Crippen LogP contribution in [0.25, 0.3) is 28.2 Å². The molecule has 0 amide bonds. The van der Waals surface area contributed by atoms with Crippen molar-refractivity contribution < 1.29 is 8.78 Å². The van der Waals surface area contributed by atoms with Crippen LogP contribution in [-0.4, -0.2) is 25.0 Å². The highest BCUT2D eigenvalue weighted by Crippen LogP contribution is 2.30. The maximum absolute atomic E-state index is 13.8. The van der Waals surface area contributed by atoms with Gasteiger partial charge in [0, 0.05) is 29.5 Å². The number of benzene rings is 1. The molecule has 0 radical (unpaired) electrons. The number of nitrogens with zero attached hydrogens (tertiary/aromatic N) is 4. The van der Waals surface area contributed by atoms with E-state index in [9.17, 15) is 13.6 Å². The van der Waals surface area contributed by atoms with Crippen LogP contribution < -0.4 is 11.3 Å². The molecule has 0 saturated heterocycles. The number of nitrogens with one attached hydrogen (secondary N) is 1. The molecule has 3 aromatic heterocycles. The first-order valence-corrected chi connectivity index (χ1v) is 7.84. The van der Waals surface area contributed by atoms with Gasteiger partial charge in [-0.05, 0) is 35.9 Å². The standard InChI is InChI=1S/C18H12F2N6O/c19-13-2-1-11(7-14(13)20)18-12(10-3-5-22-15(21)8-10)9-17(27)26(25-18)16-4-6-23-24-16/h1-9H,(H2,21,22)(H,23,24). The van der Waals surface area contributed by atoms with E-state index in [1.807, 2.05) is 0 Å². The van der Waals surface area contributed by atoms with Crippen LogP contribution in [-0.2, 0) is 0 Å². The molecule has 134 valence electrons. The molecule has 3 heterocycles. The number of hydrogen-bond donors (Lipinski definition) is 2. The average Bonchev–Trinajstić information content (AvgIpc) is 3.18. The van der Waals surface area contributed by atoms with Gasteiger partial charge in [-0.2, -0.15) is 14.9 Å². The molecule has 0 spiro atoms. The van der Waals surface area contributed by atoms with Crippen LogP contribution in [0.3, 0.4) is 0 Å². The molecule has 4 aromatic rings. The molecule has 0 atom stereocenters. The normalized spacial score (nSPS) is 10.9. The highest BCUT2D eigenvalue weighted by Gasteiger charge is 2.16. The van der Waals surface area contributed by atoms with E-state index in [1.54, 1.807) is 18.2 Å². The minimum atomic E-state index is -1.02. The van der Waals surface area contributed by atoms with Gasteiger partial charge in [0.2, 0.25) is 0 Å². The summed E-state index contributed by atoms with van der Waals surface area (Å²) in [5.41, 5.74) is 6.86. The zero-order valence-electron chi connectivity index (χ0n) is 13.7. The van der Waals surface area contributed by atoms with Crippen LogP contribution in [0.2, 0.25) is 0 Å². The van der Waals surface area contributed by atoms with E-state index in [-0.39, 0.29) is 11.5 Å². The zero-order chi connectivity index (χ0) is 19.0. The summed E-state index contributed by atoms with van der Waals surface area (Å²) in [5, 5.41) is 10.8. The molecule has 0 bridgehead atoms. The Morgan fingerprint density at radius 3 is 2.52 bits per heavy atom. The lowest BCUT2D eigenvalue weighted by Crippen LogP contribution is -2.22. The van der Waals surface area contributed by atoms with Crippen molar-refractivity contribution in [3.8, 4) is 28.2 Å². The summed E-state index contributed by atoms with van der Waals surface area (Å²) in [4.78, 5) is 16.5. The second-order valence-corrected chi connectivity index (χ2v) is 5.70. The monoisotopic (exact) mass is 366 g/mol. The van der Waals surface area contributed by atoms with Crippen molar-refractivity contribution in [2.24, 2.45) is 0 Å². The van der Waals surface area contributed by atoms with Crippen LogP contribution in [0.4, 0.5) is 14.6 Å². The number of nitrogens with two attached hydrogens (primary N) is 1. The second-order valence-electron chi connectivity index (χ2n) is 5.70. The molecule has 0 fully saturated rings. The van der Waals surface area contributed by atoms with Crippen molar-refractivity contribution in [1.29, 1.82) is 0 Å². The van der Waals surface area contributed by atoms with Gasteiger partial charge < -0.3 is 5.73 Å². The third kappa shape index (κ3) is 3.06. The van der Waals surface area contributed by atoms with E-state index in [0.717, 1.165) is 16.8 Å². The molecule has 27 heavy (non-hydrogen) atoms. The number of anilines is 1. The van der Waals surface area contributed by atoms with Crippen molar-refractivity contribution in [3.63, 3.8) is 0 Å². The first-order valence-electron chi connectivity index (χ1n) is 7.84. The van der Waals surface area contributed by atoms with Gasteiger partial charge in [0.25, 0.3) is 5.56 Å². The van der Waals surface area contributed by atoms with Crippen LogP contribution in [0.5, 0.6) is 0 Å². The van der Waals surface area contributed by atoms with E-state index in [2.05, 4.69) is 20.3 Å². The Bertz CT molecular complexity index is 1190. The highest BCUT2D eigenvalue weighted by molar-refractivity contribution is 5.81. The lowest BCUT2D eigenvalue weighted by Gasteiger charge is -2.12. The number of aromatic amines is 1. The molecule has 9 heteroatoms. The van der Waals surface area contributed by atoms with Crippen molar-refractivity contribution in [2.45, 2.75) is 0 Å². The molecule has 3 N–H and O–H groups in total. The lowest BCUT2D eigenvalue weighted by atomic mass is 10.0. The lowest BCUT2D eigenvalue weighted by molar-refractivity contribution is 0.509. The number of halogens is 2. The molecule has 0 aliphatic carbocycles. The van der Waals surface area contributed by atoms with Crippen LogP contribution in [0.1, 0.15) is 0 Å². The Morgan fingerprint density at radius 1 is 0.963 bits per heavy atom. The summed E-state index contributed by atoms with van der Waals surface area (Å²) in [6, 6.07) is 9.54.